The van der Waals surface area contributed by atoms with E-state index in [0.717, 1.165) is 32.1 Å². The van der Waals surface area contributed by atoms with Crippen molar-refractivity contribution in [2.45, 2.75) is 43.7 Å². The maximum atomic E-state index is 13.0. The normalized spacial score (nSPS) is 20.1. The standard InChI is InChI=1S/C12H18F3N3/c1-18-7-9(10(17-18)12(13,14)15)11(8-16)5-3-2-4-6-11/h7H,2-6,8,16H2,1H3. The van der Waals surface area contributed by atoms with E-state index in [4.69, 9.17) is 5.73 Å². The van der Waals surface area contributed by atoms with Crippen LogP contribution in [0.2, 0.25) is 0 Å². The largest absolute Gasteiger partial charge is 0.435 e. The molecule has 0 unspecified atom stereocenters. The van der Waals surface area contributed by atoms with Gasteiger partial charge in [0.05, 0.1) is 0 Å². The van der Waals surface area contributed by atoms with Gasteiger partial charge in [0.15, 0.2) is 5.69 Å². The molecule has 1 aliphatic rings. The second-order valence-corrected chi connectivity index (χ2v) is 5.11. The van der Waals surface area contributed by atoms with E-state index in [9.17, 15) is 13.2 Å². The van der Waals surface area contributed by atoms with Crippen LogP contribution in [0.4, 0.5) is 13.2 Å². The maximum Gasteiger partial charge on any atom is 0.435 e. The van der Waals surface area contributed by atoms with Crippen LogP contribution >= 0.6 is 0 Å². The lowest BCUT2D eigenvalue weighted by molar-refractivity contribution is -0.142. The zero-order chi connectivity index (χ0) is 13.4. The quantitative estimate of drug-likeness (QED) is 0.889. The van der Waals surface area contributed by atoms with Crippen molar-refractivity contribution < 1.29 is 13.2 Å². The van der Waals surface area contributed by atoms with E-state index in [1.165, 1.54) is 17.9 Å². The predicted molar refractivity (Wildman–Crippen MR) is 62.0 cm³/mol. The molecule has 1 aliphatic carbocycles. The molecule has 2 rings (SSSR count). The molecule has 102 valence electrons. The molecule has 0 atom stereocenters. The molecular weight excluding hydrogens is 243 g/mol. The summed E-state index contributed by atoms with van der Waals surface area (Å²) >= 11 is 0. The summed E-state index contributed by atoms with van der Waals surface area (Å²) in [6.45, 7) is 0.252. The summed E-state index contributed by atoms with van der Waals surface area (Å²) < 4.78 is 40.3. The Hall–Kier alpha value is -1.04. The Labute approximate surface area is 104 Å². The Morgan fingerprint density at radius 3 is 2.44 bits per heavy atom. The van der Waals surface area contributed by atoms with Crippen LogP contribution in [0.15, 0.2) is 6.20 Å². The second kappa shape index (κ2) is 4.57. The highest BCUT2D eigenvalue weighted by Gasteiger charge is 2.44. The molecule has 1 saturated carbocycles. The van der Waals surface area contributed by atoms with Gasteiger partial charge < -0.3 is 5.73 Å². The van der Waals surface area contributed by atoms with Gasteiger partial charge in [0.1, 0.15) is 0 Å². The lowest BCUT2D eigenvalue weighted by Gasteiger charge is -2.36. The third-order valence-corrected chi connectivity index (χ3v) is 3.87. The first-order valence-electron chi connectivity index (χ1n) is 6.20. The van der Waals surface area contributed by atoms with Crippen molar-refractivity contribution in [2.75, 3.05) is 6.54 Å². The van der Waals surface area contributed by atoms with Gasteiger partial charge in [-0.1, -0.05) is 19.3 Å². The lowest BCUT2D eigenvalue weighted by atomic mass is 9.69. The summed E-state index contributed by atoms with van der Waals surface area (Å²) in [6, 6.07) is 0. The molecule has 0 aliphatic heterocycles. The third kappa shape index (κ3) is 2.25. The van der Waals surface area contributed by atoms with Crippen LogP contribution in [0.25, 0.3) is 0 Å². The number of nitrogens with two attached hydrogens (primary N) is 1. The first-order chi connectivity index (χ1) is 8.39. The molecule has 0 aromatic carbocycles. The number of hydrogen-bond donors (Lipinski definition) is 1. The molecule has 0 saturated heterocycles. The number of alkyl halides is 3. The highest BCUT2D eigenvalue weighted by atomic mass is 19.4. The minimum absolute atomic E-state index is 0.252. The fourth-order valence-electron chi connectivity index (χ4n) is 2.90. The summed E-state index contributed by atoms with van der Waals surface area (Å²) in [5.74, 6) is 0. The number of nitrogens with zero attached hydrogens (tertiary/aromatic N) is 2. The van der Waals surface area contributed by atoms with Gasteiger partial charge in [-0.15, -0.1) is 0 Å². The van der Waals surface area contributed by atoms with Crippen LogP contribution in [-0.2, 0) is 18.6 Å². The third-order valence-electron chi connectivity index (χ3n) is 3.87. The lowest BCUT2D eigenvalue weighted by Crippen LogP contribution is -2.38. The minimum Gasteiger partial charge on any atom is -0.330 e. The zero-order valence-electron chi connectivity index (χ0n) is 10.4. The minimum atomic E-state index is -4.41. The number of aromatic nitrogens is 2. The summed E-state index contributed by atoms with van der Waals surface area (Å²) in [5.41, 5.74) is 4.75. The first-order valence-corrected chi connectivity index (χ1v) is 6.20. The molecule has 1 heterocycles. The van der Waals surface area contributed by atoms with Gasteiger partial charge in [-0.05, 0) is 12.8 Å². The van der Waals surface area contributed by atoms with Crippen molar-refractivity contribution in [3.63, 3.8) is 0 Å². The number of rotatable bonds is 2. The van der Waals surface area contributed by atoms with E-state index in [-0.39, 0.29) is 12.1 Å². The summed E-state index contributed by atoms with van der Waals surface area (Å²) in [4.78, 5) is 0. The van der Waals surface area contributed by atoms with Crippen LogP contribution < -0.4 is 5.73 Å². The van der Waals surface area contributed by atoms with Crippen molar-refractivity contribution in [2.24, 2.45) is 12.8 Å². The maximum absolute atomic E-state index is 13.0. The van der Waals surface area contributed by atoms with Gasteiger partial charge in [0.2, 0.25) is 0 Å². The van der Waals surface area contributed by atoms with Crippen molar-refractivity contribution in [3.05, 3.63) is 17.5 Å². The van der Waals surface area contributed by atoms with E-state index in [1.54, 1.807) is 0 Å². The van der Waals surface area contributed by atoms with Gasteiger partial charge in [-0.3, -0.25) is 4.68 Å². The molecule has 0 spiro atoms. The molecule has 0 radical (unpaired) electrons. The van der Waals surface area contributed by atoms with Crippen molar-refractivity contribution in [1.29, 1.82) is 0 Å². The average Bonchev–Trinajstić information content (AvgIpc) is 2.73. The van der Waals surface area contributed by atoms with E-state index >= 15 is 0 Å². The van der Waals surface area contributed by atoms with Crippen molar-refractivity contribution >= 4 is 0 Å². The Morgan fingerprint density at radius 2 is 1.94 bits per heavy atom. The predicted octanol–water partition coefficient (Wildman–Crippen LogP) is 2.60. The van der Waals surface area contributed by atoms with Crippen molar-refractivity contribution in [1.82, 2.24) is 9.78 Å². The van der Waals surface area contributed by atoms with E-state index in [1.807, 2.05) is 0 Å². The topological polar surface area (TPSA) is 43.8 Å². The fraction of sp³-hybridized carbons (Fsp3) is 0.750. The van der Waals surface area contributed by atoms with Gasteiger partial charge in [0, 0.05) is 30.8 Å². The Bertz CT molecular complexity index is 417. The highest BCUT2D eigenvalue weighted by molar-refractivity contribution is 5.31. The first kappa shape index (κ1) is 13.4. The van der Waals surface area contributed by atoms with E-state index in [0.29, 0.717) is 0 Å². The molecule has 2 N–H and O–H groups in total. The molecule has 1 fully saturated rings. The molecule has 0 bridgehead atoms. The molecular formula is C12H18F3N3. The van der Waals surface area contributed by atoms with Crippen LogP contribution in [-0.4, -0.2) is 16.3 Å². The molecule has 1 aromatic heterocycles. The van der Waals surface area contributed by atoms with Crippen LogP contribution in [0, 0.1) is 0 Å². The monoisotopic (exact) mass is 261 g/mol. The van der Waals surface area contributed by atoms with Crippen LogP contribution in [0.3, 0.4) is 0 Å². The summed E-state index contributed by atoms with van der Waals surface area (Å²) in [7, 11) is 1.52. The Morgan fingerprint density at radius 1 is 1.33 bits per heavy atom. The van der Waals surface area contributed by atoms with Gasteiger partial charge in [0.25, 0.3) is 0 Å². The van der Waals surface area contributed by atoms with Gasteiger partial charge >= 0.3 is 6.18 Å². The van der Waals surface area contributed by atoms with Crippen LogP contribution in [0.1, 0.15) is 43.4 Å². The fourth-order valence-corrected chi connectivity index (χ4v) is 2.90. The summed E-state index contributed by atoms with van der Waals surface area (Å²) in [5, 5.41) is 3.59. The molecule has 18 heavy (non-hydrogen) atoms. The van der Waals surface area contributed by atoms with Gasteiger partial charge in [-0.2, -0.15) is 18.3 Å². The van der Waals surface area contributed by atoms with Crippen LogP contribution in [0.5, 0.6) is 0 Å². The van der Waals surface area contributed by atoms with Crippen molar-refractivity contribution in [3.8, 4) is 0 Å². The zero-order valence-corrected chi connectivity index (χ0v) is 10.4. The summed E-state index contributed by atoms with van der Waals surface area (Å²) in [6.07, 6.45) is 1.46. The SMILES string of the molecule is Cn1cc(C2(CN)CCCCC2)c(C(F)(F)F)n1. The van der Waals surface area contributed by atoms with Gasteiger partial charge in [-0.25, -0.2) is 0 Å². The Kier molecular flexibility index (Phi) is 3.40. The smallest absolute Gasteiger partial charge is 0.330 e. The number of aryl methyl sites for hydroxylation is 1. The number of halogens is 3. The molecule has 6 heteroatoms. The second-order valence-electron chi connectivity index (χ2n) is 5.11. The molecule has 1 aromatic rings. The highest BCUT2D eigenvalue weighted by Crippen LogP contribution is 2.43. The average molecular weight is 261 g/mol. The van der Waals surface area contributed by atoms with E-state index in [2.05, 4.69) is 5.10 Å². The number of hydrogen-bond acceptors (Lipinski definition) is 2. The van der Waals surface area contributed by atoms with E-state index < -0.39 is 17.3 Å². The molecule has 3 nitrogen and oxygen atoms in total. The Balaban J connectivity index is 2.48. The molecule has 0 amide bonds.